The zero-order valence-corrected chi connectivity index (χ0v) is 17.8. The van der Waals surface area contributed by atoms with Gasteiger partial charge >= 0.3 is 0 Å². The highest BCUT2D eigenvalue weighted by Crippen LogP contribution is 2.31. The highest BCUT2D eigenvalue weighted by molar-refractivity contribution is 8.14. The first kappa shape index (κ1) is 22.0. The number of carbonyl (C=O) groups excluding carboxylic acids is 2. The lowest BCUT2D eigenvalue weighted by Crippen LogP contribution is -2.31. The van der Waals surface area contributed by atoms with E-state index in [1.54, 1.807) is 12.1 Å². The molecule has 1 aliphatic rings. The lowest BCUT2D eigenvalue weighted by atomic mass is 10.0. The molecule has 0 saturated carbocycles. The molecule has 3 aromatic rings. The monoisotopic (exact) mass is 463 g/mol. The van der Waals surface area contributed by atoms with Gasteiger partial charge in [0.2, 0.25) is 11.8 Å². The first-order valence-corrected chi connectivity index (χ1v) is 10.6. The number of phenolic OH excluding ortho intramolecular Hbond substituents is 1. The van der Waals surface area contributed by atoms with Crippen LogP contribution in [0.5, 0.6) is 5.75 Å². The average Bonchev–Trinajstić information content (AvgIpc) is 3.07. The first-order valence-electron chi connectivity index (χ1n) is 9.70. The Kier molecular flexibility index (Phi) is 6.05. The molecule has 2 amide bonds. The summed E-state index contributed by atoms with van der Waals surface area (Å²) in [5.74, 6) is -1.00. The number of carbonyl (C=O) groups is 2. The van der Waals surface area contributed by atoms with Crippen molar-refractivity contribution in [3.05, 3.63) is 76.3 Å². The highest BCUT2D eigenvalue weighted by atomic mass is 32.2. The number of imide groups is 1. The fourth-order valence-corrected chi connectivity index (χ4v) is 4.26. The minimum absolute atomic E-state index is 0.0306. The van der Waals surface area contributed by atoms with Crippen LogP contribution in [0.1, 0.15) is 12.0 Å². The standard InChI is InChI=1S/C22H17N5O5S/c23-22(25-24-12-17-16-7-2-1-4-13(16)8-9-18(17)28)33-19-11-20(29)26(21(19)30)14-5-3-6-15(10-14)27(31)32/h1-10,12,19,28H,11H2,(H2,23,25). The maximum absolute atomic E-state index is 12.8. The van der Waals surface area contributed by atoms with Crippen LogP contribution < -0.4 is 10.6 Å². The first-order chi connectivity index (χ1) is 15.8. The number of nitrogens with two attached hydrogens (primary N) is 1. The van der Waals surface area contributed by atoms with Gasteiger partial charge in [-0.2, -0.15) is 5.10 Å². The van der Waals surface area contributed by atoms with Crippen molar-refractivity contribution in [1.29, 1.82) is 0 Å². The number of fused-ring (bicyclic) bond motifs is 1. The summed E-state index contributed by atoms with van der Waals surface area (Å²) in [7, 11) is 0. The molecule has 0 spiro atoms. The molecule has 0 aromatic heterocycles. The van der Waals surface area contributed by atoms with Crippen molar-refractivity contribution in [3.63, 3.8) is 0 Å². The van der Waals surface area contributed by atoms with Gasteiger partial charge in [-0.25, -0.2) is 4.90 Å². The van der Waals surface area contributed by atoms with E-state index in [1.807, 2.05) is 24.3 Å². The van der Waals surface area contributed by atoms with E-state index in [0.717, 1.165) is 27.4 Å². The van der Waals surface area contributed by atoms with Crippen LogP contribution >= 0.6 is 11.8 Å². The summed E-state index contributed by atoms with van der Waals surface area (Å²) >= 11 is 0.877. The molecule has 11 heteroatoms. The van der Waals surface area contributed by atoms with E-state index < -0.39 is 22.0 Å². The number of phenols is 1. The number of amidine groups is 1. The van der Waals surface area contributed by atoms with Crippen molar-refractivity contribution >= 4 is 57.1 Å². The Morgan fingerprint density at radius 2 is 1.97 bits per heavy atom. The Hall–Kier alpha value is -4.25. The number of benzene rings is 3. The third-order valence-electron chi connectivity index (χ3n) is 4.96. The topological polar surface area (TPSA) is 151 Å². The summed E-state index contributed by atoms with van der Waals surface area (Å²) < 4.78 is 0. The number of anilines is 1. The van der Waals surface area contributed by atoms with Crippen LogP contribution in [0.15, 0.2) is 70.9 Å². The van der Waals surface area contributed by atoms with Gasteiger partial charge in [0.15, 0.2) is 5.17 Å². The second-order valence-corrected chi connectivity index (χ2v) is 8.28. The van der Waals surface area contributed by atoms with Crippen LogP contribution in [0, 0.1) is 10.1 Å². The molecule has 1 atom stereocenters. The molecule has 1 aliphatic heterocycles. The summed E-state index contributed by atoms with van der Waals surface area (Å²) in [6.45, 7) is 0. The van der Waals surface area contributed by atoms with Gasteiger partial charge in [0, 0.05) is 24.1 Å². The maximum atomic E-state index is 12.8. The van der Waals surface area contributed by atoms with E-state index in [9.17, 15) is 24.8 Å². The molecule has 3 N–H and O–H groups in total. The molecule has 4 rings (SSSR count). The van der Waals surface area contributed by atoms with Gasteiger partial charge in [-0.1, -0.05) is 48.2 Å². The molecule has 3 aromatic carbocycles. The number of thioether (sulfide) groups is 1. The predicted molar refractivity (Wildman–Crippen MR) is 126 cm³/mol. The van der Waals surface area contributed by atoms with Crippen molar-refractivity contribution < 1.29 is 19.6 Å². The number of amides is 2. The van der Waals surface area contributed by atoms with E-state index in [4.69, 9.17) is 5.73 Å². The Morgan fingerprint density at radius 3 is 2.76 bits per heavy atom. The van der Waals surface area contributed by atoms with E-state index >= 15 is 0 Å². The number of nitro groups is 1. The largest absolute Gasteiger partial charge is 0.507 e. The van der Waals surface area contributed by atoms with Crippen molar-refractivity contribution in [3.8, 4) is 5.75 Å². The van der Waals surface area contributed by atoms with Gasteiger partial charge in [0.05, 0.1) is 16.8 Å². The third-order valence-corrected chi connectivity index (χ3v) is 5.93. The SMILES string of the molecule is NC(=NN=Cc1c(O)ccc2ccccc12)SC1CC(=O)N(c2cccc([N+](=O)[O-])c2)C1=O. The summed E-state index contributed by atoms with van der Waals surface area (Å²) in [5.41, 5.74) is 6.26. The van der Waals surface area contributed by atoms with Gasteiger partial charge in [-0.05, 0) is 22.9 Å². The van der Waals surface area contributed by atoms with E-state index in [1.165, 1.54) is 30.5 Å². The van der Waals surface area contributed by atoms with Gasteiger partial charge in [0.1, 0.15) is 11.0 Å². The molecule has 0 aliphatic carbocycles. The zero-order valence-electron chi connectivity index (χ0n) is 17.0. The third kappa shape index (κ3) is 4.53. The fraction of sp³-hybridized carbons (Fsp3) is 0.0909. The molecule has 1 unspecified atom stereocenters. The van der Waals surface area contributed by atoms with Crippen molar-refractivity contribution in [2.75, 3.05) is 4.90 Å². The van der Waals surface area contributed by atoms with Gasteiger partial charge < -0.3 is 10.8 Å². The minimum Gasteiger partial charge on any atom is -0.507 e. The summed E-state index contributed by atoms with van der Waals surface area (Å²) in [5, 5.41) is 29.8. The van der Waals surface area contributed by atoms with Crippen LogP contribution in [0.2, 0.25) is 0 Å². The van der Waals surface area contributed by atoms with Crippen molar-refractivity contribution in [2.45, 2.75) is 11.7 Å². The quantitative estimate of drug-likeness (QED) is 0.194. The molecule has 1 saturated heterocycles. The number of hydrogen-bond donors (Lipinski definition) is 2. The fourth-order valence-electron chi connectivity index (χ4n) is 3.45. The van der Waals surface area contributed by atoms with Crippen LogP contribution in [0.4, 0.5) is 11.4 Å². The van der Waals surface area contributed by atoms with Crippen LogP contribution in [-0.4, -0.2) is 38.5 Å². The molecule has 10 nitrogen and oxygen atoms in total. The lowest BCUT2D eigenvalue weighted by Gasteiger charge is -2.14. The zero-order chi connectivity index (χ0) is 23.5. The van der Waals surface area contributed by atoms with E-state index in [0.29, 0.717) is 5.56 Å². The van der Waals surface area contributed by atoms with E-state index in [2.05, 4.69) is 10.2 Å². The number of rotatable bonds is 5. The number of nitro benzene ring substituents is 1. The van der Waals surface area contributed by atoms with Crippen molar-refractivity contribution in [1.82, 2.24) is 0 Å². The molecular formula is C22H17N5O5S. The Morgan fingerprint density at radius 1 is 1.18 bits per heavy atom. The van der Waals surface area contributed by atoms with Crippen molar-refractivity contribution in [2.24, 2.45) is 15.9 Å². The second-order valence-electron chi connectivity index (χ2n) is 7.06. The normalized spacial score (nSPS) is 16.8. The highest BCUT2D eigenvalue weighted by Gasteiger charge is 2.41. The molecule has 33 heavy (non-hydrogen) atoms. The molecule has 1 fully saturated rings. The maximum Gasteiger partial charge on any atom is 0.271 e. The average molecular weight is 463 g/mol. The summed E-state index contributed by atoms with van der Waals surface area (Å²) in [4.78, 5) is 36.5. The predicted octanol–water partition coefficient (Wildman–Crippen LogP) is 3.17. The minimum atomic E-state index is -0.832. The molecule has 166 valence electrons. The second kappa shape index (κ2) is 9.09. The molecule has 0 bridgehead atoms. The lowest BCUT2D eigenvalue weighted by molar-refractivity contribution is -0.384. The number of hydrogen-bond acceptors (Lipinski definition) is 8. The van der Waals surface area contributed by atoms with Crippen LogP contribution in [0.25, 0.3) is 10.8 Å². The van der Waals surface area contributed by atoms with Gasteiger partial charge in [-0.3, -0.25) is 19.7 Å². The number of aromatic hydroxyl groups is 1. The Balaban J connectivity index is 1.49. The Bertz CT molecular complexity index is 1340. The molecule has 1 heterocycles. The smallest absolute Gasteiger partial charge is 0.271 e. The van der Waals surface area contributed by atoms with Crippen LogP contribution in [-0.2, 0) is 9.59 Å². The number of non-ortho nitro benzene ring substituents is 1. The summed E-state index contributed by atoms with van der Waals surface area (Å²) in [6.07, 6.45) is 1.23. The van der Waals surface area contributed by atoms with E-state index in [-0.39, 0.29) is 28.7 Å². The number of nitrogens with zero attached hydrogens (tertiary/aromatic N) is 4. The van der Waals surface area contributed by atoms with Gasteiger partial charge in [-0.15, -0.1) is 5.10 Å². The van der Waals surface area contributed by atoms with Gasteiger partial charge in [0.25, 0.3) is 5.69 Å². The van der Waals surface area contributed by atoms with Crippen LogP contribution in [0.3, 0.4) is 0 Å². The molecule has 0 radical (unpaired) electrons. The summed E-state index contributed by atoms with van der Waals surface area (Å²) in [6, 6.07) is 16.1. The molecular weight excluding hydrogens is 446 g/mol. The Labute approximate surface area is 191 Å².